The molecule has 0 aliphatic carbocycles. The predicted molar refractivity (Wildman–Crippen MR) is 86.2 cm³/mol. The van der Waals surface area contributed by atoms with Crippen molar-refractivity contribution in [2.24, 2.45) is 0 Å². The highest BCUT2D eigenvalue weighted by Crippen LogP contribution is 2.39. The number of aryl methyl sites for hydroxylation is 1. The molecule has 1 heterocycles. The van der Waals surface area contributed by atoms with Crippen molar-refractivity contribution in [2.45, 2.75) is 52.6 Å². The van der Waals surface area contributed by atoms with E-state index < -0.39 is 5.60 Å². The van der Waals surface area contributed by atoms with E-state index in [1.807, 2.05) is 13.8 Å². The third-order valence-corrected chi connectivity index (χ3v) is 4.61. The highest BCUT2D eigenvalue weighted by atomic mass is 32.1. The van der Waals surface area contributed by atoms with Gasteiger partial charge in [0.2, 0.25) is 0 Å². The van der Waals surface area contributed by atoms with Gasteiger partial charge in [-0.2, -0.15) is 0 Å². The maximum atomic E-state index is 10.4. The van der Waals surface area contributed by atoms with E-state index in [-0.39, 0.29) is 5.41 Å². The molecule has 0 aliphatic rings. The summed E-state index contributed by atoms with van der Waals surface area (Å²) >= 11 is 1.59. The summed E-state index contributed by atoms with van der Waals surface area (Å²) in [4.78, 5) is 5.77. The van der Waals surface area contributed by atoms with Crippen LogP contribution in [0.5, 0.6) is 0 Å². The molecule has 0 saturated heterocycles. The van der Waals surface area contributed by atoms with Gasteiger partial charge < -0.3 is 5.11 Å². The number of aliphatic hydroxyl groups is 1. The Balaban J connectivity index is 2.57. The van der Waals surface area contributed by atoms with E-state index in [4.69, 9.17) is 4.98 Å². The maximum Gasteiger partial charge on any atom is 0.124 e. The number of hydrogen-bond donors (Lipinski definition) is 1. The molecule has 1 N–H and O–H groups in total. The summed E-state index contributed by atoms with van der Waals surface area (Å²) in [6.07, 6.45) is 0. The lowest BCUT2D eigenvalue weighted by atomic mass is 9.88. The van der Waals surface area contributed by atoms with Gasteiger partial charge in [0.05, 0.1) is 16.2 Å². The van der Waals surface area contributed by atoms with Crippen molar-refractivity contribution in [3.63, 3.8) is 0 Å². The van der Waals surface area contributed by atoms with Crippen molar-refractivity contribution < 1.29 is 5.11 Å². The quantitative estimate of drug-likeness (QED) is 0.873. The van der Waals surface area contributed by atoms with Gasteiger partial charge >= 0.3 is 0 Å². The molecule has 0 bridgehead atoms. The van der Waals surface area contributed by atoms with Gasteiger partial charge in [-0.25, -0.2) is 4.98 Å². The number of aromatic nitrogens is 1. The lowest BCUT2D eigenvalue weighted by molar-refractivity contribution is 0.0803. The van der Waals surface area contributed by atoms with E-state index in [0.29, 0.717) is 0 Å². The molecule has 20 heavy (non-hydrogen) atoms. The average molecular weight is 289 g/mol. The minimum atomic E-state index is -0.858. The molecule has 0 saturated carbocycles. The van der Waals surface area contributed by atoms with Crippen molar-refractivity contribution in [3.05, 3.63) is 40.4 Å². The van der Waals surface area contributed by atoms with Gasteiger partial charge in [-0.15, -0.1) is 11.3 Å². The van der Waals surface area contributed by atoms with Gasteiger partial charge in [-0.3, -0.25) is 0 Å². The molecule has 1 aromatic carbocycles. The van der Waals surface area contributed by atoms with E-state index in [9.17, 15) is 5.11 Å². The van der Waals surface area contributed by atoms with Crippen LogP contribution in [0.4, 0.5) is 0 Å². The average Bonchev–Trinajstić information content (AvgIpc) is 2.74. The first-order valence-corrected chi connectivity index (χ1v) is 7.72. The summed E-state index contributed by atoms with van der Waals surface area (Å²) in [7, 11) is 0. The van der Waals surface area contributed by atoms with Crippen LogP contribution in [-0.4, -0.2) is 10.1 Å². The Morgan fingerprint density at radius 3 is 1.95 bits per heavy atom. The molecule has 0 fully saturated rings. The Kier molecular flexibility index (Phi) is 3.78. The second-order valence-corrected chi connectivity index (χ2v) is 7.87. The van der Waals surface area contributed by atoms with Gasteiger partial charge in [-0.05, 0) is 20.8 Å². The second-order valence-electron chi connectivity index (χ2n) is 6.87. The zero-order valence-corrected chi connectivity index (χ0v) is 13.9. The van der Waals surface area contributed by atoms with Gasteiger partial charge in [0.15, 0.2) is 0 Å². The fourth-order valence-electron chi connectivity index (χ4n) is 2.06. The molecule has 2 nitrogen and oxygen atoms in total. The predicted octanol–water partition coefficient (Wildman–Crippen LogP) is 4.64. The fourth-order valence-corrected chi connectivity index (χ4v) is 3.35. The largest absolute Gasteiger partial charge is 0.385 e. The molecule has 2 aromatic rings. The zero-order chi connectivity index (χ0) is 15.1. The van der Waals surface area contributed by atoms with Crippen molar-refractivity contribution in [3.8, 4) is 10.6 Å². The Morgan fingerprint density at radius 1 is 1.00 bits per heavy atom. The number of hydrogen-bond acceptors (Lipinski definition) is 3. The molecule has 0 amide bonds. The highest BCUT2D eigenvalue weighted by molar-refractivity contribution is 7.15. The minimum Gasteiger partial charge on any atom is -0.385 e. The van der Waals surface area contributed by atoms with Crippen LogP contribution in [0.15, 0.2) is 24.3 Å². The smallest absolute Gasteiger partial charge is 0.124 e. The number of benzene rings is 1. The fraction of sp³-hybridized carbons (Fsp3) is 0.471. The number of thiazole rings is 1. The third kappa shape index (κ3) is 3.10. The van der Waals surface area contributed by atoms with Crippen LogP contribution < -0.4 is 0 Å². The van der Waals surface area contributed by atoms with Gasteiger partial charge in [0.25, 0.3) is 0 Å². The lowest BCUT2D eigenvalue weighted by Gasteiger charge is -2.23. The normalized spacial score (nSPS) is 12.8. The molecule has 3 heteroatoms. The monoisotopic (exact) mass is 289 g/mol. The van der Waals surface area contributed by atoms with Crippen LogP contribution >= 0.6 is 11.3 Å². The Labute approximate surface area is 125 Å². The Hall–Kier alpha value is -1.19. The third-order valence-electron chi connectivity index (χ3n) is 3.19. The zero-order valence-electron chi connectivity index (χ0n) is 13.1. The summed E-state index contributed by atoms with van der Waals surface area (Å²) in [5.74, 6) is 0. The van der Waals surface area contributed by atoms with Crippen LogP contribution in [0, 0.1) is 6.92 Å². The molecule has 2 rings (SSSR count). The minimum absolute atomic E-state index is 0.0746. The van der Waals surface area contributed by atoms with Crippen LogP contribution in [-0.2, 0) is 11.0 Å². The molecule has 0 radical (unpaired) electrons. The highest BCUT2D eigenvalue weighted by Gasteiger charge is 2.31. The van der Waals surface area contributed by atoms with Crippen molar-refractivity contribution in [1.29, 1.82) is 0 Å². The van der Waals surface area contributed by atoms with Gasteiger partial charge in [0.1, 0.15) is 5.01 Å². The summed E-state index contributed by atoms with van der Waals surface area (Å²) in [5, 5.41) is 11.4. The molecule has 0 atom stereocenters. The van der Waals surface area contributed by atoms with E-state index >= 15 is 0 Å². The molecule has 108 valence electrons. The Morgan fingerprint density at radius 2 is 1.55 bits per heavy atom. The summed E-state index contributed by atoms with van der Waals surface area (Å²) < 4.78 is 0. The molecule has 0 unspecified atom stereocenters. The van der Waals surface area contributed by atoms with Crippen LogP contribution in [0.25, 0.3) is 10.6 Å². The maximum absolute atomic E-state index is 10.4. The van der Waals surface area contributed by atoms with Crippen LogP contribution in [0.2, 0.25) is 0 Å². The number of rotatable bonds is 2. The molecule has 0 aliphatic heterocycles. The summed E-state index contributed by atoms with van der Waals surface area (Å²) in [5.41, 5.74) is 2.41. The molecule has 0 spiro atoms. The molecular formula is C17H23NOS. The lowest BCUT2D eigenvalue weighted by Crippen LogP contribution is -2.22. The van der Waals surface area contributed by atoms with Crippen LogP contribution in [0.1, 0.15) is 50.8 Å². The van der Waals surface area contributed by atoms with Gasteiger partial charge in [-0.1, -0.05) is 50.6 Å². The topological polar surface area (TPSA) is 33.1 Å². The molecule has 1 aromatic heterocycles. The van der Waals surface area contributed by atoms with Crippen molar-refractivity contribution >= 4 is 11.3 Å². The van der Waals surface area contributed by atoms with E-state index in [1.54, 1.807) is 11.3 Å². The summed E-state index contributed by atoms with van der Waals surface area (Å²) in [6, 6.07) is 8.37. The van der Waals surface area contributed by atoms with Crippen molar-refractivity contribution in [1.82, 2.24) is 4.98 Å². The van der Waals surface area contributed by atoms with Crippen molar-refractivity contribution in [2.75, 3.05) is 0 Å². The molecular weight excluding hydrogens is 266 g/mol. The standard InChI is InChI=1S/C17H23NOS/c1-11-7-9-12(10-8-11)15-18-13(16(2,3)4)14(20-15)17(5,6)19/h7-10,19H,1-6H3. The van der Waals surface area contributed by atoms with Crippen LogP contribution in [0.3, 0.4) is 0 Å². The van der Waals surface area contributed by atoms with E-state index in [2.05, 4.69) is 52.0 Å². The first-order chi connectivity index (χ1) is 9.09. The second kappa shape index (κ2) is 4.97. The van der Waals surface area contributed by atoms with E-state index in [0.717, 1.165) is 21.1 Å². The summed E-state index contributed by atoms with van der Waals surface area (Å²) in [6.45, 7) is 12.1. The number of nitrogens with zero attached hydrogens (tertiary/aromatic N) is 1. The Bertz CT molecular complexity index is 566. The first-order valence-electron chi connectivity index (χ1n) is 6.90. The SMILES string of the molecule is Cc1ccc(-c2nc(C(C)(C)C)c(C(C)(C)O)s2)cc1. The van der Waals surface area contributed by atoms with Gasteiger partial charge in [0, 0.05) is 11.0 Å². The van der Waals surface area contributed by atoms with E-state index in [1.165, 1.54) is 5.56 Å². The first kappa shape index (κ1) is 15.2.